The maximum absolute atomic E-state index is 9.42. The Bertz CT molecular complexity index is 296. The average Bonchev–Trinajstić information content (AvgIpc) is 2.38. The highest BCUT2D eigenvalue weighted by molar-refractivity contribution is 5.19. The van der Waals surface area contributed by atoms with E-state index in [0.29, 0.717) is 6.04 Å². The molecule has 0 saturated carbocycles. The molecule has 3 heteroatoms. The molecule has 3 nitrogen and oxygen atoms in total. The predicted octanol–water partition coefficient (Wildman–Crippen LogP) is 1.49. The van der Waals surface area contributed by atoms with Gasteiger partial charge in [0.05, 0.1) is 12.6 Å². The third-order valence-electron chi connectivity index (χ3n) is 3.04. The Balaban J connectivity index is 1.94. The van der Waals surface area contributed by atoms with E-state index in [1.54, 1.807) is 0 Å². The van der Waals surface area contributed by atoms with Crippen LogP contribution in [0.4, 0.5) is 0 Å². The van der Waals surface area contributed by atoms with Crippen molar-refractivity contribution in [3.05, 3.63) is 35.9 Å². The van der Waals surface area contributed by atoms with E-state index in [2.05, 4.69) is 5.32 Å². The summed E-state index contributed by atoms with van der Waals surface area (Å²) in [5.41, 5.74) is 1.15. The summed E-state index contributed by atoms with van der Waals surface area (Å²) in [6, 6.07) is 10.6. The minimum atomic E-state index is 0.0456. The van der Waals surface area contributed by atoms with Gasteiger partial charge in [-0.15, -0.1) is 0 Å². The van der Waals surface area contributed by atoms with E-state index in [1.807, 2.05) is 30.3 Å². The zero-order chi connectivity index (χ0) is 11.2. The molecule has 0 unspecified atom stereocenters. The average molecular weight is 221 g/mol. The summed E-state index contributed by atoms with van der Waals surface area (Å²) in [5.74, 6) is 0. The van der Waals surface area contributed by atoms with E-state index in [1.165, 1.54) is 0 Å². The van der Waals surface area contributed by atoms with Gasteiger partial charge in [-0.3, -0.25) is 0 Å². The predicted molar refractivity (Wildman–Crippen MR) is 63.2 cm³/mol. The van der Waals surface area contributed by atoms with Crippen LogP contribution in [-0.4, -0.2) is 31.0 Å². The van der Waals surface area contributed by atoms with Crippen molar-refractivity contribution in [1.29, 1.82) is 0 Å². The first-order valence-electron chi connectivity index (χ1n) is 5.90. The Hall–Kier alpha value is -0.900. The molecule has 88 valence electrons. The van der Waals surface area contributed by atoms with Crippen LogP contribution >= 0.6 is 0 Å². The molecule has 1 aromatic rings. The molecular formula is C13H19NO2. The molecule has 0 radical (unpaired) electrons. The topological polar surface area (TPSA) is 41.5 Å². The van der Waals surface area contributed by atoms with Crippen LogP contribution in [0.3, 0.4) is 0 Å². The van der Waals surface area contributed by atoms with Gasteiger partial charge in [0.25, 0.3) is 0 Å². The lowest BCUT2D eigenvalue weighted by Gasteiger charge is -2.27. The van der Waals surface area contributed by atoms with Gasteiger partial charge >= 0.3 is 0 Å². The van der Waals surface area contributed by atoms with Crippen molar-refractivity contribution in [2.75, 3.05) is 19.8 Å². The SMILES string of the molecule is OC[C@@H](NC1CCOCC1)c1ccccc1. The van der Waals surface area contributed by atoms with E-state index in [0.717, 1.165) is 31.6 Å². The van der Waals surface area contributed by atoms with Crippen LogP contribution in [0.1, 0.15) is 24.4 Å². The highest BCUT2D eigenvalue weighted by atomic mass is 16.5. The van der Waals surface area contributed by atoms with Crippen molar-refractivity contribution in [3.8, 4) is 0 Å². The van der Waals surface area contributed by atoms with Gasteiger partial charge in [0.15, 0.2) is 0 Å². The van der Waals surface area contributed by atoms with Gasteiger partial charge in [-0.25, -0.2) is 0 Å². The minimum absolute atomic E-state index is 0.0456. The Morgan fingerprint density at radius 2 is 1.94 bits per heavy atom. The second-order valence-electron chi connectivity index (χ2n) is 4.20. The summed E-state index contributed by atoms with van der Waals surface area (Å²) in [4.78, 5) is 0. The molecule has 1 atom stereocenters. The lowest BCUT2D eigenvalue weighted by molar-refractivity contribution is 0.0715. The summed E-state index contributed by atoms with van der Waals surface area (Å²) in [6.07, 6.45) is 2.06. The summed E-state index contributed by atoms with van der Waals surface area (Å²) in [7, 11) is 0. The standard InChI is InChI=1S/C13H19NO2/c15-10-13(11-4-2-1-3-5-11)14-12-6-8-16-9-7-12/h1-5,12-15H,6-10H2/t13-/m1/s1. The first-order chi connectivity index (χ1) is 7.90. The Labute approximate surface area is 96.4 Å². The van der Waals surface area contributed by atoms with Crippen molar-refractivity contribution >= 4 is 0 Å². The molecule has 2 rings (SSSR count). The molecule has 0 aliphatic carbocycles. The van der Waals surface area contributed by atoms with Crippen LogP contribution in [0.2, 0.25) is 0 Å². The van der Waals surface area contributed by atoms with Crippen LogP contribution in [0, 0.1) is 0 Å². The molecule has 1 aliphatic rings. The number of hydrogen-bond donors (Lipinski definition) is 2. The monoisotopic (exact) mass is 221 g/mol. The molecule has 1 aliphatic heterocycles. The molecule has 0 amide bonds. The quantitative estimate of drug-likeness (QED) is 0.809. The number of benzene rings is 1. The number of rotatable bonds is 4. The fraction of sp³-hybridized carbons (Fsp3) is 0.538. The minimum Gasteiger partial charge on any atom is -0.394 e. The van der Waals surface area contributed by atoms with E-state index in [4.69, 9.17) is 4.74 Å². The van der Waals surface area contributed by atoms with Crippen LogP contribution < -0.4 is 5.32 Å². The Morgan fingerprint density at radius 1 is 1.25 bits per heavy atom. The summed E-state index contributed by atoms with van der Waals surface area (Å²) < 4.78 is 5.32. The summed E-state index contributed by atoms with van der Waals surface area (Å²) in [5, 5.41) is 12.9. The fourth-order valence-corrected chi connectivity index (χ4v) is 2.09. The molecule has 1 heterocycles. The number of aliphatic hydroxyl groups excluding tert-OH is 1. The van der Waals surface area contributed by atoms with Gasteiger partial charge in [-0.2, -0.15) is 0 Å². The van der Waals surface area contributed by atoms with E-state index < -0.39 is 0 Å². The van der Waals surface area contributed by atoms with Crippen LogP contribution in [0.5, 0.6) is 0 Å². The molecule has 1 fully saturated rings. The summed E-state index contributed by atoms with van der Waals surface area (Å²) >= 11 is 0. The Morgan fingerprint density at radius 3 is 2.56 bits per heavy atom. The third-order valence-corrected chi connectivity index (χ3v) is 3.04. The largest absolute Gasteiger partial charge is 0.394 e. The molecule has 0 aromatic heterocycles. The number of aliphatic hydroxyl groups is 1. The first kappa shape index (κ1) is 11.6. The maximum Gasteiger partial charge on any atom is 0.0626 e. The second-order valence-corrected chi connectivity index (χ2v) is 4.20. The number of hydrogen-bond acceptors (Lipinski definition) is 3. The second kappa shape index (κ2) is 5.99. The molecule has 1 saturated heterocycles. The molecule has 16 heavy (non-hydrogen) atoms. The van der Waals surface area contributed by atoms with Crippen molar-refractivity contribution in [2.45, 2.75) is 24.9 Å². The van der Waals surface area contributed by atoms with E-state index in [9.17, 15) is 5.11 Å². The number of nitrogens with one attached hydrogen (secondary N) is 1. The molecule has 0 spiro atoms. The zero-order valence-electron chi connectivity index (χ0n) is 9.43. The van der Waals surface area contributed by atoms with Gasteiger partial charge in [-0.05, 0) is 18.4 Å². The fourth-order valence-electron chi connectivity index (χ4n) is 2.09. The van der Waals surface area contributed by atoms with E-state index >= 15 is 0 Å². The molecule has 0 bridgehead atoms. The third kappa shape index (κ3) is 3.04. The van der Waals surface area contributed by atoms with Crippen molar-refractivity contribution in [1.82, 2.24) is 5.32 Å². The van der Waals surface area contributed by atoms with Gasteiger partial charge in [0.2, 0.25) is 0 Å². The highest BCUT2D eigenvalue weighted by Gasteiger charge is 2.18. The Kier molecular flexibility index (Phi) is 4.34. The van der Waals surface area contributed by atoms with Gasteiger partial charge < -0.3 is 15.2 Å². The van der Waals surface area contributed by atoms with Crippen molar-refractivity contribution < 1.29 is 9.84 Å². The summed E-state index contributed by atoms with van der Waals surface area (Å²) in [6.45, 7) is 1.79. The smallest absolute Gasteiger partial charge is 0.0626 e. The molecule has 2 N–H and O–H groups in total. The van der Waals surface area contributed by atoms with Crippen LogP contribution in [0.25, 0.3) is 0 Å². The zero-order valence-corrected chi connectivity index (χ0v) is 9.43. The lowest BCUT2D eigenvalue weighted by atomic mass is 10.0. The van der Waals surface area contributed by atoms with Gasteiger partial charge in [0, 0.05) is 19.3 Å². The molecule has 1 aromatic carbocycles. The lowest BCUT2D eigenvalue weighted by Crippen LogP contribution is -2.38. The van der Waals surface area contributed by atoms with Crippen molar-refractivity contribution in [3.63, 3.8) is 0 Å². The molecular weight excluding hydrogens is 202 g/mol. The highest BCUT2D eigenvalue weighted by Crippen LogP contribution is 2.16. The maximum atomic E-state index is 9.42. The number of ether oxygens (including phenoxy) is 1. The van der Waals surface area contributed by atoms with Gasteiger partial charge in [-0.1, -0.05) is 30.3 Å². The normalized spacial score (nSPS) is 19.6. The van der Waals surface area contributed by atoms with E-state index in [-0.39, 0.29) is 12.6 Å². The first-order valence-corrected chi connectivity index (χ1v) is 5.90. The van der Waals surface area contributed by atoms with Crippen molar-refractivity contribution in [2.24, 2.45) is 0 Å². The van der Waals surface area contributed by atoms with Crippen LogP contribution in [-0.2, 0) is 4.74 Å². The van der Waals surface area contributed by atoms with Gasteiger partial charge in [0.1, 0.15) is 0 Å². The van der Waals surface area contributed by atoms with Crippen LogP contribution in [0.15, 0.2) is 30.3 Å².